The lowest BCUT2D eigenvalue weighted by molar-refractivity contribution is 0.0485. The first kappa shape index (κ1) is 19.3. The van der Waals surface area contributed by atoms with E-state index in [1.54, 1.807) is 25.2 Å². The molecule has 0 saturated carbocycles. The van der Waals surface area contributed by atoms with Crippen LogP contribution in [0.25, 0.3) is 11.0 Å². The number of hydrogen-bond donors (Lipinski definition) is 1. The zero-order valence-corrected chi connectivity index (χ0v) is 16.2. The predicted molar refractivity (Wildman–Crippen MR) is 107 cm³/mol. The van der Waals surface area contributed by atoms with Crippen LogP contribution in [0.15, 0.2) is 53.3 Å². The van der Waals surface area contributed by atoms with Crippen LogP contribution in [0.3, 0.4) is 0 Å². The number of aromatic nitrogens is 2. The van der Waals surface area contributed by atoms with Gasteiger partial charge >= 0.3 is 0 Å². The van der Waals surface area contributed by atoms with Crippen molar-refractivity contribution in [3.8, 4) is 0 Å². The van der Waals surface area contributed by atoms with E-state index in [1.165, 1.54) is 16.7 Å². The molecule has 29 heavy (non-hydrogen) atoms. The maximum atomic E-state index is 13.8. The molecule has 2 heterocycles. The zero-order chi connectivity index (χ0) is 20.4. The van der Waals surface area contributed by atoms with E-state index in [0.29, 0.717) is 37.1 Å². The van der Waals surface area contributed by atoms with Gasteiger partial charge in [0.25, 0.3) is 11.5 Å². The Labute approximate surface area is 167 Å². The Bertz CT molecular complexity index is 1120. The fourth-order valence-corrected chi connectivity index (χ4v) is 3.91. The summed E-state index contributed by atoms with van der Waals surface area (Å²) in [6, 6.07) is 13.6. The van der Waals surface area contributed by atoms with Gasteiger partial charge in [0.15, 0.2) is 5.69 Å². The largest absolute Gasteiger partial charge is 0.381 e. The lowest BCUT2D eigenvalue weighted by atomic mass is 9.74. The SMILES string of the molecule is Cn1c(=O)c(C(=O)NCC2(c3cccc(F)c3)CCOCC2)nc2ccccc21. The highest BCUT2D eigenvalue weighted by Gasteiger charge is 2.35. The molecule has 0 radical (unpaired) electrons. The highest BCUT2D eigenvalue weighted by atomic mass is 19.1. The number of para-hydroxylation sites is 2. The van der Waals surface area contributed by atoms with Gasteiger partial charge < -0.3 is 14.6 Å². The van der Waals surface area contributed by atoms with Gasteiger partial charge in [-0.2, -0.15) is 0 Å². The van der Waals surface area contributed by atoms with E-state index in [-0.39, 0.29) is 18.1 Å². The molecule has 0 bridgehead atoms. The minimum atomic E-state index is -0.529. The Morgan fingerprint density at radius 3 is 2.72 bits per heavy atom. The molecule has 1 saturated heterocycles. The van der Waals surface area contributed by atoms with Crippen LogP contribution in [0.1, 0.15) is 28.9 Å². The molecular formula is C22H22FN3O3. The van der Waals surface area contributed by atoms with E-state index in [2.05, 4.69) is 10.3 Å². The third-order valence-corrected chi connectivity index (χ3v) is 5.67. The first-order chi connectivity index (χ1) is 14.0. The Morgan fingerprint density at radius 1 is 1.21 bits per heavy atom. The van der Waals surface area contributed by atoms with Crippen LogP contribution in [-0.4, -0.2) is 35.2 Å². The summed E-state index contributed by atoms with van der Waals surface area (Å²) in [6.45, 7) is 1.33. The van der Waals surface area contributed by atoms with Crippen LogP contribution in [0.4, 0.5) is 4.39 Å². The van der Waals surface area contributed by atoms with Crippen molar-refractivity contribution in [1.29, 1.82) is 0 Å². The molecule has 1 amide bonds. The van der Waals surface area contributed by atoms with Gasteiger partial charge in [-0.1, -0.05) is 24.3 Å². The van der Waals surface area contributed by atoms with Gasteiger partial charge in [0, 0.05) is 32.2 Å². The highest BCUT2D eigenvalue weighted by Crippen LogP contribution is 2.34. The third-order valence-electron chi connectivity index (χ3n) is 5.67. The molecule has 0 aliphatic carbocycles. The molecule has 2 aromatic carbocycles. The van der Waals surface area contributed by atoms with Crippen LogP contribution in [-0.2, 0) is 17.2 Å². The molecule has 1 aliphatic rings. The van der Waals surface area contributed by atoms with Gasteiger partial charge in [0.2, 0.25) is 0 Å². The first-order valence-corrected chi connectivity index (χ1v) is 9.58. The predicted octanol–water partition coefficient (Wildman–Crippen LogP) is 2.55. The summed E-state index contributed by atoms with van der Waals surface area (Å²) >= 11 is 0. The summed E-state index contributed by atoms with van der Waals surface area (Å²) in [4.78, 5) is 29.8. The number of fused-ring (bicyclic) bond motifs is 1. The van der Waals surface area contributed by atoms with Crippen LogP contribution in [0.2, 0.25) is 0 Å². The molecule has 0 atom stereocenters. The van der Waals surface area contributed by atoms with E-state index < -0.39 is 16.9 Å². The van der Waals surface area contributed by atoms with Crippen molar-refractivity contribution in [3.05, 3.63) is 76.0 Å². The number of nitrogens with zero attached hydrogens (tertiary/aromatic N) is 2. The molecule has 1 N–H and O–H groups in total. The van der Waals surface area contributed by atoms with Crippen LogP contribution in [0, 0.1) is 5.82 Å². The summed E-state index contributed by atoms with van der Waals surface area (Å²) in [5.74, 6) is -0.844. The van der Waals surface area contributed by atoms with Crippen molar-refractivity contribution in [2.75, 3.05) is 19.8 Å². The second-order valence-corrected chi connectivity index (χ2v) is 7.40. The summed E-state index contributed by atoms with van der Waals surface area (Å²) in [5.41, 5.74) is 1.01. The second kappa shape index (κ2) is 7.75. The molecule has 1 aromatic heterocycles. The smallest absolute Gasteiger partial charge is 0.282 e. The molecule has 1 aliphatic heterocycles. The Hall–Kier alpha value is -3.06. The lowest BCUT2D eigenvalue weighted by Crippen LogP contribution is -2.46. The molecule has 7 heteroatoms. The third kappa shape index (κ3) is 3.65. The molecular weight excluding hydrogens is 373 g/mol. The maximum Gasteiger partial charge on any atom is 0.282 e. The van der Waals surface area contributed by atoms with Gasteiger partial charge in [-0.25, -0.2) is 9.37 Å². The lowest BCUT2D eigenvalue weighted by Gasteiger charge is -2.38. The van der Waals surface area contributed by atoms with Gasteiger partial charge in [-0.3, -0.25) is 9.59 Å². The Kier molecular flexibility index (Phi) is 5.15. The molecule has 1 fully saturated rings. The van der Waals surface area contributed by atoms with Gasteiger partial charge in [-0.05, 0) is 42.7 Å². The van der Waals surface area contributed by atoms with Crippen LogP contribution >= 0.6 is 0 Å². The fraction of sp³-hybridized carbons (Fsp3) is 0.318. The summed E-state index contributed by atoms with van der Waals surface area (Å²) in [7, 11) is 1.62. The Morgan fingerprint density at radius 2 is 1.97 bits per heavy atom. The maximum absolute atomic E-state index is 13.8. The molecule has 150 valence electrons. The normalized spacial score (nSPS) is 15.9. The molecule has 6 nitrogen and oxygen atoms in total. The second-order valence-electron chi connectivity index (χ2n) is 7.40. The number of carbonyl (C=O) groups is 1. The monoisotopic (exact) mass is 395 g/mol. The summed E-state index contributed by atoms with van der Waals surface area (Å²) in [6.07, 6.45) is 1.31. The standard InChI is InChI=1S/C22H22FN3O3/c1-26-18-8-3-2-7-17(18)25-19(21(26)28)20(27)24-14-22(9-11-29-12-10-22)15-5-4-6-16(23)13-15/h2-8,13H,9-12,14H2,1H3,(H,24,27). The van der Waals surface area contributed by atoms with Crippen molar-refractivity contribution in [1.82, 2.24) is 14.9 Å². The number of hydrogen-bond acceptors (Lipinski definition) is 4. The number of halogens is 1. The number of benzene rings is 2. The van der Waals surface area contributed by atoms with Crippen molar-refractivity contribution < 1.29 is 13.9 Å². The fourth-order valence-electron chi connectivity index (χ4n) is 3.91. The molecule has 3 aromatic rings. The van der Waals surface area contributed by atoms with E-state index in [0.717, 1.165) is 5.56 Å². The number of carbonyl (C=O) groups excluding carboxylic acids is 1. The Balaban J connectivity index is 1.63. The molecule has 0 unspecified atom stereocenters. The highest BCUT2D eigenvalue weighted by molar-refractivity contribution is 5.93. The van der Waals surface area contributed by atoms with Gasteiger partial charge in [0.1, 0.15) is 5.82 Å². The van der Waals surface area contributed by atoms with E-state index in [1.807, 2.05) is 18.2 Å². The molecule has 0 spiro atoms. The minimum absolute atomic E-state index is 0.146. The van der Waals surface area contributed by atoms with Crippen molar-refractivity contribution >= 4 is 16.9 Å². The number of amides is 1. The number of aryl methyl sites for hydroxylation is 1. The average Bonchev–Trinajstić information content (AvgIpc) is 2.75. The van der Waals surface area contributed by atoms with E-state index >= 15 is 0 Å². The first-order valence-electron chi connectivity index (χ1n) is 9.58. The minimum Gasteiger partial charge on any atom is -0.381 e. The van der Waals surface area contributed by atoms with Crippen LogP contribution in [0.5, 0.6) is 0 Å². The summed E-state index contributed by atoms with van der Waals surface area (Å²) in [5, 5.41) is 2.87. The van der Waals surface area contributed by atoms with Gasteiger partial charge in [0.05, 0.1) is 11.0 Å². The van der Waals surface area contributed by atoms with Gasteiger partial charge in [-0.15, -0.1) is 0 Å². The molecule has 4 rings (SSSR count). The quantitative estimate of drug-likeness (QED) is 0.737. The topological polar surface area (TPSA) is 73.2 Å². The van der Waals surface area contributed by atoms with Crippen molar-refractivity contribution in [2.24, 2.45) is 7.05 Å². The van der Waals surface area contributed by atoms with Crippen molar-refractivity contribution in [3.63, 3.8) is 0 Å². The number of rotatable bonds is 4. The van der Waals surface area contributed by atoms with E-state index in [9.17, 15) is 14.0 Å². The zero-order valence-electron chi connectivity index (χ0n) is 16.2. The van der Waals surface area contributed by atoms with Crippen molar-refractivity contribution in [2.45, 2.75) is 18.3 Å². The van der Waals surface area contributed by atoms with Crippen LogP contribution < -0.4 is 10.9 Å². The number of nitrogens with one attached hydrogen (secondary N) is 1. The van der Waals surface area contributed by atoms with E-state index in [4.69, 9.17) is 4.74 Å². The average molecular weight is 395 g/mol. The number of ether oxygens (including phenoxy) is 1. The summed E-state index contributed by atoms with van der Waals surface area (Å²) < 4.78 is 20.7.